The van der Waals surface area contributed by atoms with Crippen molar-refractivity contribution in [1.29, 1.82) is 5.41 Å². The van der Waals surface area contributed by atoms with Crippen molar-refractivity contribution < 1.29 is 9.72 Å². The van der Waals surface area contributed by atoms with Gasteiger partial charge < -0.3 is 0 Å². The number of hydrazone groups is 1. The van der Waals surface area contributed by atoms with E-state index in [-0.39, 0.29) is 17.1 Å². The van der Waals surface area contributed by atoms with Crippen LogP contribution in [0.25, 0.3) is 6.08 Å². The first-order valence-corrected chi connectivity index (χ1v) is 9.59. The summed E-state index contributed by atoms with van der Waals surface area (Å²) in [6, 6.07) is 5.81. The van der Waals surface area contributed by atoms with Crippen molar-refractivity contribution in [2.24, 2.45) is 16.0 Å². The summed E-state index contributed by atoms with van der Waals surface area (Å²) in [5, 5.41) is 26.5. The summed E-state index contributed by atoms with van der Waals surface area (Å²) in [6.07, 6.45) is 7.29. The number of nitrogens with zero attached hydrogens (tertiary/aromatic N) is 4. The maximum Gasteiger partial charge on any atom is 0.283 e. The van der Waals surface area contributed by atoms with Crippen LogP contribution in [0.1, 0.15) is 37.7 Å². The largest absolute Gasteiger partial charge is 0.283 e. The van der Waals surface area contributed by atoms with E-state index in [1.54, 1.807) is 12.1 Å². The van der Waals surface area contributed by atoms with Gasteiger partial charge in [0.1, 0.15) is 5.04 Å². The van der Waals surface area contributed by atoms with Gasteiger partial charge in [-0.1, -0.05) is 19.3 Å². The Morgan fingerprint density at radius 2 is 1.93 bits per heavy atom. The monoisotopic (exact) mass is 383 g/mol. The number of aliphatic imine (C=N–C) groups is 1. The van der Waals surface area contributed by atoms with Crippen LogP contribution in [0.15, 0.2) is 39.9 Å². The SMILES string of the molecule is N=C1/C(=C/c2ccc([N+](=O)[O-])cc2)C(=O)N=C2SC(C3CCCCC3)=NN12. The number of nitro groups is 1. The normalized spacial score (nSPS) is 21.9. The Balaban J connectivity index is 1.60. The minimum absolute atomic E-state index is 0.0123. The van der Waals surface area contributed by atoms with Gasteiger partial charge in [-0.3, -0.25) is 20.3 Å². The molecule has 1 saturated carbocycles. The Kier molecular flexibility index (Phi) is 4.61. The third-order valence-corrected chi connectivity index (χ3v) is 5.91. The van der Waals surface area contributed by atoms with Crippen molar-refractivity contribution in [3.8, 4) is 0 Å². The number of amides is 1. The second-order valence-corrected chi connectivity index (χ2v) is 7.63. The predicted molar refractivity (Wildman–Crippen MR) is 105 cm³/mol. The molecule has 0 bridgehead atoms. The van der Waals surface area contributed by atoms with E-state index in [1.165, 1.54) is 54.2 Å². The molecular formula is C18H17N5O3S. The van der Waals surface area contributed by atoms with E-state index in [4.69, 9.17) is 5.41 Å². The van der Waals surface area contributed by atoms with E-state index in [9.17, 15) is 14.9 Å². The fourth-order valence-corrected chi connectivity index (χ4v) is 4.44. The fourth-order valence-electron chi connectivity index (χ4n) is 3.38. The lowest BCUT2D eigenvalue weighted by molar-refractivity contribution is -0.384. The summed E-state index contributed by atoms with van der Waals surface area (Å²) in [5.74, 6) is -0.124. The summed E-state index contributed by atoms with van der Waals surface area (Å²) in [6.45, 7) is 0. The van der Waals surface area contributed by atoms with E-state index in [0.29, 0.717) is 16.6 Å². The molecule has 1 aromatic carbocycles. The molecule has 0 radical (unpaired) electrons. The molecule has 4 rings (SSSR count). The molecule has 1 aliphatic carbocycles. The van der Waals surface area contributed by atoms with Gasteiger partial charge in [-0.05, 0) is 48.4 Å². The number of hydrogen-bond donors (Lipinski definition) is 1. The quantitative estimate of drug-likeness (QED) is 0.485. The van der Waals surface area contributed by atoms with Crippen LogP contribution in [0.2, 0.25) is 0 Å². The number of non-ortho nitro benzene ring substituents is 1. The first-order chi connectivity index (χ1) is 13.0. The highest BCUT2D eigenvalue weighted by Gasteiger charge is 2.37. The standard InChI is InChI=1S/C18H17N5O3S/c19-15-14(10-11-6-8-13(9-7-11)23(25)26)16(24)20-18-22(15)21-17(27-18)12-4-2-1-3-5-12/h6-10,12,19H,1-5H2/b14-10-,19-15?. The molecule has 1 N–H and O–H groups in total. The number of nitrogens with one attached hydrogen (secondary N) is 1. The molecule has 1 fully saturated rings. The molecule has 8 nitrogen and oxygen atoms in total. The molecule has 2 aliphatic heterocycles. The summed E-state index contributed by atoms with van der Waals surface area (Å²) in [4.78, 5) is 26.8. The van der Waals surface area contributed by atoms with Gasteiger partial charge in [0.05, 0.1) is 10.5 Å². The molecule has 138 valence electrons. The van der Waals surface area contributed by atoms with Crippen molar-refractivity contribution >= 4 is 45.5 Å². The van der Waals surface area contributed by atoms with Crippen LogP contribution in [0.3, 0.4) is 0 Å². The van der Waals surface area contributed by atoms with Crippen molar-refractivity contribution in [3.05, 3.63) is 45.5 Å². The van der Waals surface area contributed by atoms with Crippen LogP contribution in [0.4, 0.5) is 5.69 Å². The third kappa shape index (κ3) is 3.42. The molecule has 1 amide bonds. The Labute approximate surface area is 159 Å². The van der Waals surface area contributed by atoms with Crippen LogP contribution in [0.5, 0.6) is 0 Å². The number of nitro benzene ring substituents is 1. The highest BCUT2D eigenvalue weighted by Crippen LogP contribution is 2.36. The van der Waals surface area contributed by atoms with Gasteiger partial charge in [0.15, 0.2) is 5.84 Å². The van der Waals surface area contributed by atoms with Crippen molar-refractivity contribution in [2.45, 2.75) is 32.1 Å². The van der Waals surface area contributed by atoms with Crippen LogP contribution in [-0.2, 0) is 4.79 Å². The Morgan fingerprint density at radius 1 is 1.22 bits per heavy atom. The maximum atomic E-state index is 12.4. The Bertz CT molecular complexity index is 913. The Hall–Kier alpha value is -2.81. The van der Waals surface area contributed by atoms with Crippen LogP contribution in [-0.4, -0.2) is 31.9 Å². The number of rotatable bonds is 3. The molecule has 0 unspecified atom stereocenters. The van der Waals surface area contributed by atoms with E-state index >= 15 is 0 Å². The van der Waals surface area contributed by atoms with Crippen molar-refractivity contribution in [1.82, 2.24) is 5.01 Å². The fraction of sp³-hybridized carbons (Fsp3) is 0.333. The number of carbonyl (C=O) groups is 1. The zero-order chi connectivity index (χ0) is 19.0. The number of benzene rings is 1. The summed E-state index contributed by atoms with van der Waals surface area (Å²) < 4.78 is 0. The summed E-state index contributed by atoms with van der Waals surface area (Å²) >= 11 is 1.38. The zero-order valence-corrected chi connectivity index (χ0v) is 15.2. The summed E-state index contributed by atoms with van der Waals surface area (Å²) in [5.41, 5.74) is 0.692. The summed E-state index contributed by atoms with van der Waals surface area (Å²) in [7, 11) is 0. The van der Waals surface area contributed by atoms with Crippen molar-refractivity contribution in [3.63, 3.8) is 0 Å². The second-order valence-electron chi connectivity index (χ2n) is 6.64. The number of fused-ring (bicyclic) bond motifs is 1. The van der Waals surface area contributed by atoms with E-state index in [1.807, 2.05) is 0 Å². The van der Waals surface area contributed by atoms with E-state index in [2.05, 4.69) is 10.1 Å². The molecule has 9 heteroatoms. The second kappa shape index (κ2) is 7.07. The molecule has 0 spiro atoms. The number of amidine groups is 2. The lowest BCUT2D eigenvalue weighted by atomic mass is 9.90. The first-order valence-electron chi connectivity index (χ1n) is 8.77. The number of thioether (sulfide) groups is 1. The average molecular weight is 383 g/mol. The lowest BCUT2D eigenvalue weighted by Crippen LogP contribution is -2.35. The smallest absolute Gasteiger partial charge is 0.282 e. The topological polar surface area (TPSA) is 112 Å². The highest BCUT2D eigenvalue weighted by atomic mass is 32.2. The molecule has 2 heterocycles. The van der Waals surface area contributed by atoms with Gasteiger partial charge in [-0.25, -0.2) is 0 Å². The lowest BCUT2D eigenvalue weighted by Gasteiger charge is -2.20. The highest BCUT2D eigenvalue weighted by molar-refractivity contribution is 8.27. The molecule has 27 heavy (non-hydrogen) atoms. The zero-order valence-electron chi connectivity index (χ0n) is 14.4. The van der Waals surface area contributed by atoms with Crippen LogP contribution >= 0.6 is 11.8 Å². The predicted octanol–water partition coefficient (Wildman–Crippen LogP) is 3.79. The van der Waals surface area contributed by atoms with Gasteiger partial charge in [0.2, 0.25) is 5.17 Å². The van der Waals surface area contributed by atoms with E-state index in [0.717, 1.165) is 17.9 Å². The van der Waals surface area contributed by atoms with Crippen molar-refractivity contribution in [2.75, 3.05) is 0 Å². The van der Waals surface area contributed by atoms with Crippen LogP contribution in [0, 0.1) is 21.4 Å². The molecular weight excluding hydrogens is 366 g/mol. The molecule has 0 atom stereocenters. The van der Waals surface area contributed by atoms with Crippen LogP contribution < -0.4 is 0 Å². The maximum absolute atomic E-state index is 12.4. The van der Waals surface area contributed by atoms with Gasteiger partial charge in [-0.2, -0.15) is 15.1 Å². The molecule has 1 aromatic rings. The minimum atomic E-state index is -0.489. The number of hydrogen-bond acceptors (Lipinski definition) is 6. The van der Waals surface area contributed by atoms with E-state index < -0.39 is 10.8 Å². The first kappa shape index (κ1) is 17.6. The van der Waals surface area contributed by atoms with Gasteiger partial charge in [0, 0.05) is 18.1 Å². The molecule has 0 saturated heterocycles. The minimum Gasteiger partial charge on any atom is -0.282 e. The van der Waals surface area contributed by atoms with Gasteiger partial charge in [0.25, 0.3) is 11.6 Å². The third-order valence-electron chi connectivity index (χ3n) is 4.84. The Morgan fingerprint density at radius 3 is 2.59 bits per heavy atom. The van der Waals surface area contributed by atoms with Gasteiger partial charge >= 0.3 is 0 Å². The number of carbonyl (C=O) groups excluding carboxylic acids is 1. The molecule has 0 aromatic heterocycles. The van der Waals surface area contributed by atoms with Gasteiger partial charge in [-0.15, -0.1) is 0 Å². The average Bonchev–Trinajstić information content (AvgIpc) is 3.10. The molecule has 3 aliphatic rings.